The molecule has 0 N–H and O–H groups in total. The normalized spacial score (nSPS) is 19.7. The lowest BCUT2D eigenvalue weighted by Crippen LogP contribution is -2.11. The summed E-state index contributed by atoms with van der Waals surface area (Å²) in [6.45, 7) is 4.17. The fourth-order valence-electron chi connectivity index (χ4n) is 5.57. The Morgan fingerprint density at radius 3 is 2.53 bits per heavy atom. The van der Waals surface area contributed by atoms with Crippen molar-refractivity contribution in [2.45, 2.75) is 64.6 Å². The minimum absolute atomic E-state index is 0.0881. The molecule has 0 fully saturated rings. The first-order valence-electron chi connectivity index (χ1n) is 14.3. The van der Waals surface area contributed by atoms with Crippen LogP contribution >= 0.6 is 0 Å². The summed E-state index contributed by atoms with van der Waals surface area (Å²) in [6, 6.07) is 7.95. The molecule has 0 radical (unpaired) electrons. The molecule has 0 spiro atoms. The van der Waals surface area contributed by atoms with E-state index in [1.807, 2.05) is 19.9 Å². The van der Waals surface area contributed by atoms with Crippen molar-refractivity contribution in [2.75, 3.05) is 13.7 Å². The molecule has 2 aromatic carbocycles. The van der Waals surface area contributed by atoms with Crippen molar-refractivity contribution < 1.29 is 31.4 Å². The molecule has 0 saturated carbocycles. The lowest BCUT2D eigenvalue weighted by molar-refractivity contribution is -0.137. The fourth-order valence-corrected chi connectivity index (χ4v) is 5.57. The molecule has 0 aromatic heterocycles. The molecule has 3 heterocycles. The van der Waals surface area contributed by atoms with Gasteiger partial charge in [0.15, 0.2) is 11.6 Å². The van der Waals surface area contributed by atoms with E-state index in [9.17, 15) is 22.0 Å². The molecular weight excluding hydrogens is 563 g/mol. The van der Waals surface area contributed by atoms with Crippen LogP contribution in [-0.4, -0.2) is 31.7 Å². The van der Waals surface area contributed by atoms with Crippen LogP contribution in [0.3, 0.4) is 0 Å². The maximum absolute atomic E-state index is 14.6. The van der Waals surface area contributed by atoms with Gasteiger partial charge in [-0.1, -0.05) is 29.4 Å². The third-order valence-corrected chi connectivity index (χ3v) is 8.03. The average molecular weight is 597 g/mol. The summed E-state index contributed by atoms with van der Waals surface area (Å²) in [5.74, 6) is -1.09. The first-order valence-corrected chi connectivity index (χ1v) is 14.3. The predicted molar refractivity (Wildman–Crippen MR) is 158 cm³/mol. The largest absolute Gasteiger partial charge is 0.498 e. The SMILES string of the molecule is COc1ccc(C2=C(C)CCOC(CC3CCC=C4N=C(c5cccc(F)c5F)CCC(C)=C4C=N3)=C2)c(C(F)(F)F)c1. The Bertz CT molecular complexity index is 1590. The van der Waals surface area contributed by atoms with Crippen LogP contribution in [0.15, 0.2) is 86.7 Å². The van der Waals surface area contributed by atoms with Gasteiger partial charge >= 0.3 is 6.18 Å². The van der Waals surface area contributed by atoms with Gasteiger partial charge in [-0.05, 0) is 81.0 Å². The van der Waals surface area contributed by atoms with Crippen LogP contribution in [0.2, 0.25) is 0 Å². The Hall–Kier alpha value is -4.01. The molecule has 1 unspecified atom stereocenters. The summed E-state index contributed by atoms with van der Waals surface area (Å²) >= 11 is 0. The molecule has 226 valence electrons. The summed E-state index contributed by atoms with van der Waals surface area (Å²) in [4.78, 5) is 9.60. The second-order valence-electron chi connectivity index (χ2n) is 11.0. The van der Waals surface area contributed by atoms with Crippen LogP contribution in [0.4, 0.5) is 22.0 Å². The van der Waals surface area contributed by atoms with E-state index >= 15 is 0 Å². The molecule has 1 atom stereocenters. The zero-order chi connectivity index (χ0) is 30.7. The highest BCUT2D eigenvalue weighted by Gasteiger charge is 2.35. The molecule has 0 saturated heterocycles. The van der Waals surface area contributed by atoms with Gasteiger partial charge in [-0.15, -0.1) is 0 Å². The maximum Gasteiger partial charge on any atom is 0.417 e. The van der Waals surface area contributed by atoms with E-state index in [4.69, 9.17) is 19.5 Å². The van der Waals surface area contributed by atoms with Gasteiger partial charge in [-0.25, -0.2) is 8.78 Å². The highest BCUT2D eigenvalue weighted by molar-refractivity contribution is 6.03. The number of methoxy groups -OCH3 is 1. The number of hydrogen-bond acceptors (Lipinski definition) is 4. The van der Waals surface area contributed by atoms with Crippen LogP contribution in [0, 0.1) is 11.6 Å². The third-order valence-electron chi connectivity index (χ3n) is 8.03. The minimum Gasteiger partial charge on any atom is -0.498 e. The number of aliphatic imine (C=N–C) groups is 2. The van der Waals surface area contributed by atoms with Gasteiger partial charge in [-0.2, -0.15) is 13.2 Å². The van der Waals surface area contributed by atoms with Gasteiger partial charge in [0, 0.05) is 30.2 Å². The quantitative estimate of drug-likeness (QED) is 0.323. The van der Waals surface area contributed by atoms with E-state index in [1.165, 1.54) is 25.3 Å². The maximum atomic E-state index is 14.6. The molecule has 9 heteroatoms. The summed E-state index contributed by atoms with van der Waals surface area (Å²) in [6.07, 6.45) is 4.21. The number of allylic oxidation sites excluding steroid dienone is 5. The highest BCUT2D eigenvalue weighted by atomic mass is 19.4. The summed E-state index contributed by atoms with van der Waals surface area (Å²) in [7, 11) is 1.34. The molecule has 2 aromatic rings. The zero-order valence-corrected chi connectivity index (χ0v) is 24.3. The third kappa shape index (κ3) is 6.81. The van der Waals surface area contributed by atoms with Crippen LogP contribution in [-0.2, 0) is 10.9 Å². The Kier molecular flexibility index (Phi) is 8.99. The predicted octanol–water partition coefficient (Wildman–Crippen LogP) is 9.18. The summed E-state index contributed by atoms with van der Waals surface area (Å²) < 4.78 is 81.7. The van der Waals surface area contributed by atoms with Crippen molar-refractivity contribution in [1.82, 2.24) is 0 Å². The number of halogens is 5. The van der Waals surface area contributed by atoms with E-state index in [-0.39, 0.29) is 22.9 Å². The standard InChI is InChI=1S/C34H33F5N2O2/c1-20-10-13-32(26-7-5-8-30(35)33(26)36)41-31-9-4-6-22(40-19-28(20)31)16-24-17-27(21(2)14-15-43-24)25-12-11-23(42-3)18-29(25)34(37,38)39/h5,7-9,11-12,17-19,22H,4,6,10,13-16H2,1-3H3. The number of alkyl halides is 3. The monoisotopic (exact) mass is 596 g/mol. The highest BCUT2D eigenvalue weighted by Crippen LogP contribution is 2.40. The number of benzene rings is 2. The summed E-state index contributed by atoms with van der Waals surface area (Å²) in [5, 5.41) is 0. The van der Waals surface area contributed by atoms with Gasteiger partial charge in [0.1, 0.15) is 5.75 Å². The number of fused-ring (bicyclic) bond motifs is 1. The van der Waals surface area contributed by atoms with Gasteiger partial charge < -0.3 is 9.47 Å². The topological polar surface area (TPSA) is 43.2 Å². The number of rotatable bonds is 5. The van der Waals surface area contributed by atoms with Crippen LogP contribution in [0.5, 0.6) is 5.75 Å². The second kappa shape index (κ2) is 12.7. The Balaban J connectivity index is 1.41. The molecule has 0 aliphatic carbocycles. The average Bonchev–Trinajstić information content (AvgIpc) is 3.23. The van der Waals surface area contributed by atoms with E-state index in [2.05, 4.69) is 0 Å². The van der Waals surface area contributed by atoms with Crippen molar-refractivity contribution in [2.24, 2.45) is 9.98 Å². The second-order valence-corrected chi connectivity index (χ2v) is 11.0. The number of ether oxygens (including phenoxy) is 2. The van der Waals surface area contributed by atoms with Crippen molar-refractivity contribution >= 4 is 17.5 Å². The molecule has 3 aliphatic rings. The van der Waals surface area contributed by atoms with Crippen LogP contribution < -0.4 is 4.74 Å². The van der Waals surface area contributed by atoms with Gasteiger partial charge in [0.2, 0.25) is 0 Å². The molecule has 0 bridgehead atoms. The zero-order valence-electron chi connectivity index (χ0n) is 24.3. The van der Waals surface area contributed by atoms with Gasteiger partial charge in [-0.3, -0.25) is 9.98 Å². The van der Waals surface area contributed by atoms with Gasteiger partial charge in [0.05, 0.1) is 42.5 Å². The van der Waals surface area contributed by atoms with Crippen LogP contribution in [0.1, 0.15) is 69.1 Å². The van der Waals surface area contributed by atoms with E-state index in [0.717, 1.165) is 28.9 Å². The molecule has 5 rings (SSSR count). The van der Waals surface area contributed by atoms with E-state index in [0.29, 0.717) is 67.9 Å². The molecule has 0 amide bonds. The van der Waals surface area contributed by atoms with E-state index in [1.54, 1.807) is 18.4 Å². The first-order chi connectivity index (χ1) is 20.5. The number of hydrogen-bond donors (Lipinski definition) is 0. The Morgan fingerprint density at radius 1 is 0.977 bits per heavy atom. The summed E-state index contributed by atoms with van der Waals surface area (Å²) in [5.41, 5.74) is 3.85. The van der Waals surface area contributed by atoms with Crippen molar-refractivity contribution in [3.63, 3.8) is 0 Å². The minimum atomic E-state index is -4.56. The molecular formula is C34H33F5N2O2. The molecule has 3 aliphatic heterocycles. The molecule has 4 nitrogen and oxygen atoms in total. The Morgan fingerprint density at radius 2 is 1.77 bits per heavy atom. The lowest BCUT2D eigenvalue weighted by atomic mass is 9.93. The smallest absolute Gasteiger partial charge is 0.417 e. The van der Waals surface area contributed by atoms with Crippen molar-refractivity contribution in [1.29, 1.82) is 0 Å². The van der Waals surface area contributed by atoms with Crippen molar-refractivity contribution in [3.05, 3.63) is 105 Å². The first kappa shape index (κ1) is 30.4. The fraction of sp³-hybridized carbons (Fsp3) is 0.353. The van der Waals surface area contributed by atoms with Crippen LogP contribution in [0.25, 0.3) is 5.57 Å². The van der Waals surface area contributed by atoms with Crippen molar-refractivity contribution in [3.8, 4) is 5.75 Å². The van der Waals surface area contributed by atoms with E-state index < -0.39 is 23.4 Å². The lowest BCUT2D eigenvalue weighted by Gasteiger charge is -2.18. The molecule has 43 heavy (non-hydrogen) atoms. The number of nitrogens with zero attached hydrogens (tertiary/aromatic N) is 2. The van der Waals surface area contributed by atoms with Gasteiger partial charge in [0.25, 0.3) is 0 Å². The Labute approximate surface area is 248 Å².